The first-order valence-corrected chi connectivity index (χ1v) is 5.14. The van der Waals surface area contributed by atoms with Gasteiger partial charge in [0.2, 0.25) is 0 Å². The van der Waals surface area contributed by atoms with Crippen LogP contribution in [0.25, 0.3) is 0 Å². The third-order valence-electron chi connectivity index (χ3n) is 2.00. The molecule has 0 aliphatic rings. The maximum absolute atomic E-state index is 5.31. The zero-order chi connectivity index (χ0) is 9.94. The van der Waals surface area contributed by atoms with E-state index in [9.17, 15) is 0 Å². The van der Waals surface area contributed by atoms with Gasteiger partial charge in [0, 0.05) is 19.1 Å². The van der Waals surface area contributed by atoms with Crippen molar-refractivity contribution < 1.29 is 4.74 Å². The maximum atomic E-state index is 5.31. The number of rotatable bonds is 8. The molecular formula is C12H21O. The molecule has 0 aromatic rings. The van der Waals surface area contributed by atoms with Gasteiger partial charge in [0.15, 0.2) is 0 Å². The van der Waals surface area contributed by atoms with Crippen molar-refractivity contribution in [2.45, 2.75) is 39.0 Å². The number of unbranched alkanes of at least 4 members (excludes halogenated alkanes) is 2. The zero-order valence-corrected chi connectivity index (χ0v) is 8.72. The fourth-order valence-electron chi connectivity index (χ4n) is 1.12. The molecule has 0 aromatic carbocycles. The van der Waals surface area contributed by atoms with Crippen LogP contribution in [0.3, 0.4) is 0 Å². The Bertz CT molecular complexity index is 135. The Labute approximate surface area is 82.9 Å². The van der Waals surface area contributed by atoms with Crippen molar-refractivity contribution >= 4 is 0 Å². The highest BCUT2D eigenvalue weighted by molar-refractivity contribution is 4.89. The van der Waals surface area contributed by atoms with E-state index in [1.54, 1.807) is 0 Å². The molecule has 0 aliphatic heterocycles. The molecule has 0 saturated carbocycles. The van der Waals surface area contributed by atoms with Crippen LogP contribution >= 0.6 is 0 Å². The van der Waals surface area contributed by atoms with E-state index in [-0.39, 0.29) is 0 Å². The zero-order valence-electron chi connectivity index (χ0n) is 8.72. The summed E-state index contributed by atoms with van der Waals surface area (Å²) < 4.78 is 5.31. The van der Waals surface area contributed by atoms with E-state index in [1.165, 1.54) is 12.8 Å². The van der Waals surface area contributed by atoms with Crippen molar-refractivity contribution in [1.29, 1.82) is 0 Å². The van der Waals surface area contributed by atoms with Gasteiger partial charge >= 0.3 is 0 Å². The molecule has 1 radical (unpaired) electrons. The van der Waals surface area contributed by atoms with E-state index in [2.05, 4.69) is 19.8 Å². The van der Waals surface area contributed by atoms with Crippen molar-refractivity contribution in [2.24, 2.45) is 5.92 Å². The quantitative estimate of drug-likeness (QED) is 0.413. The molecule has 13 heavy (non-hydrogen) atoms. The number of ether oxygens (including phenoxy) is 1. The largest absolute Gasteiger partial charge is 0.381 e. The lowest BCUT2D eigenvalue weighted by Gasteiger charge is -2.04. The lowest BCUT2D eigenvalue weighted by molar-refractivity contribution is 0.134. The highest BCUT2D eigenvalue weighted by atomic mass is 16.5. The van der Waals surface area contributed by atoms with E-state index in [0.29, 0.717) is 5.92 Å². The van der Waals surface area contributed by atoms with Crippen LogP contribution in [0.4, 0.5) is 0 Å². The molecule has 1 nitrogen and oxygen atoms in total. The second-order valence-corrected chi connectivity index (χ2v) is 3.38. The van der Waals surface area contributed by atoms with Gasteiger partial charge < -0.3 is 4.74 Å². The molecule has 0 N–H and O–H groups in total. The Hall–Kier alpha value is -0.480. The lowest BCUT2D eigenvalue weighted by atomic mass is 10.0. The van der Waals surface area contributed by atoms with Crippen LogP contribution in [-0.4, -0.2) is 13.2 Å². The summed E-state index contributed by atoms with van der Waals surface area (Å²) in [6.45, 7) is 7.47. The van der Waals surface area contributed by atoms with Crippen molar-refractivity contribution in [3.05, 3.63) is 6.92 Å². The molecule has 0 heterocycles. The van der Waals surface area contributed by atoms with Crippen LogP contribution < -0.4 is 0 Å². The van der Waals surface area contributed by atoms with Crippen LogP contribution in [-0.2, 0) is 4.74 Å². The molecule has 0 saturated heterocycles. The monoisotopic (exact) mass is 181 g/mol. The van der Waals surface area contributed by atoms with Crippen LogP contribution in [0.5, 0.6) is 0 Å². The second-order valence-electron chi connectivity index (χ2n) is 3.38. The van der Waals surface area contributed by atoms with Crippen molar-refractivity contribution in [1.82, 2.24) is 0 Å². The third kappa shape index (κ3) is 9.43. The smallest absolute Gasteiger partial charge is 0.0466 e. The highest BCUT2D eigenvalue weighted by Gasteiger charge is 1.96. The van der Waals surface area contributed by atoms with E-state index in [0.717, 1.165) is 32.5 Å². The predicted octanol–water partition coefficient (Wildman–Crippen LogP) is 3.06. The van der Waals surface area contributed by atoms with Gasteiger partial charge in [-0.3, -0.25) is 0 Å². The maximum Gasteiger partial charge on any atom is 0.0466 e. The van der Waals surface area contributed by atoms with Gasteiger partial charge in [0.05, 0.1) is 0 Å². The van der Waals surface area contributed by atoms with Gasteiger partial charge in [0.1, 0.15) is 0 Å². The normalized spacial score (nSPS) is 12.4. The lowest BCUT2D eigenvalue weighted by Crippen LogP contribution is -1.96. The molecule has 0 rings (SSSR count). The summed E-state index contributed by atoms with van der Waals surface area (Å²) in [7, 11) is 0. The molecular weight excluding hydrogens is 160 g/mol. The van der Waals surface area contributed by atoms with Gasteiger partial charge in [-0.05, 0) is 19.3 Å². The summed E-state index contributed by atoms with van der Waals surface area (Å²) >= 11 is 0. The minimum absolute atomic E-state index is 0.431. The first kappa shape index (κ1) is 12.5. The van der Waals surface area contributed by atoms with Gasteiger partial charge in [-0.15, -0.1) is 12.3 Å². The average molecular weight is 181 g/mol. The van der Waals surface area contributed by atoms with Gasteiger partial charge in [0.25, 0.3) is 0 Å². The summed E-state index contributed by atoms with van der Waals surface area (Å²) in [4.78, 5) is 0. The standard InChI is InChI=1S/C12H21O/c1-4-10-13-11-8-6-7-9-12(3)5-2/h2,12H,1,4,6-11H2,3H3. The Morgan fingerprint density at radius 3 is 2.69 bits per heavy atom. The highest BCUT2D eigenvalue weighted by Crippen LogP contribution is 2.07. The molecule has 0 aliphatic carbocycles. The fraction of sp³-hybridized carbons (Fsp3) is 0.750. The minimum Gasteiger partial charge on any atom is -0.381 e. The van der Waals surface area contributed by atoms with Gasteiger partial charge in [-0.2, -0.15) is 0 Å². The molecule has 1 atom stereocenters. The van der Waals surface area contributed by atoms with Crippen LogP contribution in [0.1, 0.15) is 39.0 Å². The predicted molar refractivity (Wildman–Crippen MR) is 57.3 cm³/mol. The number of hydrogen-bond donors (Lipinski definition) is 0. The summed E-state index contributed by atoms with van der Waals surface area (Å²) in [5, 5.41) is 0. The molecule has 0 bridgehead atoms. The fourth-order valence-corrected chi connectivity index (χ4v) is 1.12. The Balaban J connectivity index is 2.96. The Morgan fingerprint density at radius 1 is 1.31 bits per heavy atom. The summed E-state index contributed by atoms with van der Waals surface area (Å²) in [6, 6.07) is 0. The molecule has 0 fully saturated rings. The Morgan fingerprint density at radius 2 is 2.08 bits per heavy atom. The van der Waals surface area contributed by atoms with Crippen LogP contribution in [0.2, 0.25) is 0 Å². The molecule has 0 aromatic heterocycles. The first-order valence-electron chi connectivity index (χ1n) is 5.14. The topological polar surface area (TPSA) is 9.23 Å². The van der Waals surface area contributed by atoms with Gasteiger partial charge in [-0.1, -0.05) is 26.7 Å². The number of terminal acetylenes is 1. The molecule has 0 amide bonds. The Kier molecular flexibility index (Phi) is 9.25. The van der Waals surface area contributed by atoms with Crippen LogP contribution in [0.15, 0.2) is 0 Å². The van der Waals surface area contributed by atoms with Crippen molar-refractivity contribution in [2.75, 3.05) is 13.2 Å². The van der Waals surface area contributed by atoms with Crippen molar-refractivity contribution in [3.8, 4) is 12.3 Å². The molecule has 1 unspecified atom stereocenters. The summed E-state index contributed by atoms with van der Waals surface area (Å²) in [6.07, 6.45) is 10.9. The number of hydrogen-bond acceptors (Lipinski definition) is 1. The minimum atomic E-state index is 0.431. The van der Waals surface area contributed by atoms with E-state index >= 15 is 0 Å². The summed E-state index contributed by atoms with van der Waals surface area (Å²) in [5.41, 5.74) is 0. The van der Waals surface area contributed by atoms with Gasteiger partial charge in [-0.25, -0.2) is 0 Å². The van der Waals surface area contributed by atoms with Crippen LogP contribution in [0, 0.1) is 25.2 Å². The molecule has 75 valence electrons. The second kappa shape index (κ2) is 9.61. The SMILES string of the molecule is C#CC(C)CCCCCOCC[CH2]. The molecule has 0 spiro atoms. The van der Waals surface area contributed by atoms with E-state index in [4.69, 9.17) is 11.2 Å². The van der Waals surface area contributed by atoms with Crippen molar-refractivity contribution in [3.63, 3.8) is 0 Å². The first-order chi connectivity index (χ1) is 6.31. The molecule has 1 heteroatoms. The average Bonchev–Trinajstić information content (AvgIpc) is 2.16. The van der Waals surface area contributed by atoms with E-state index < -0.39 is 0 Å². The van der Waals surface area contributed by atoms with E-state index in [1.807, 2.05) is 0 Å². The summed E-state index contributed by atoms with van der Waals surface area (Å²) in [5.74, 6) is 3.17. The third-order valence-corrected chi connectivity index (χ3v) is 2.00.